The summed E-state index contributed by atoms with van der Waals surface area (Å²) in [5.74, 6) is 0.116. The maximum atomic E-state index is 11.9. The van der Waals surface area contributed by atoms with Gasteiger partial charge in [0.2, 0.25) is 5.91 Å². The average Bonchev–Trinajstić information content (AvgIpc) is 2.59. The van der Waals surface area contributed by atoms with E-state index in [1.165, 1.54) is 0 Å². The molecule has 0 saturated heterocycles. The van der Waals surface area contributed by atoms with Crippen LogP contribution in [0.2, 0.25) is 0 Å². The number of rotatable bonds is 6. The zero-order valence-electron chi connectivity index (χ0n) is 13.0. The normalized spacial score (nSPS) is 9.96. The lowest BCUT2D eigenvalue weighted by Crippen LogP contribution is -2.41. The van der Waals surface area contributed by atoms with E-state index in [0.717, 1.165) is 5.56 Å². The molecule has 2 amide bonds. The Hall–Kier alpha value is -2.82. The van der Waals surface area contributed by atoms with Crippen LogP contribution in [0.15, 0.2) is 54.6 Å². The van der Waals surface area contributed by atoms with Crippen molar-refractivity contribution in [1.82, 2.24) is 10.9 Å². The summed E-state index contributed by atoms with van der Waals surface area (Å²) in [4.78, 5) is 23.7. The van der Waals surface area contributed by atoms with Gasteiger partial charge < -0.3 is 4.74 Å². The number of ether oxygens (including phenoxy) is 1. The number of hydrazine groups is 1. The van der Waals surface area contributed by atoms with Crippen molar-refractivity contribution in [1.29, 1.82) is 0 Å². The minimum atomic E-state index is -0.360. The second-order valence-corrected chi connectivity index (χ2v) is 4.95. The second kappa shape index (κ2) is 8.58. The van der Waals surface area contributed by atoms with Crippen molar-refractivity contribution in [3.8, 4) is 5.75 Å². The minimum absolute atomic E-state index is 0.229. The molecule has 2 aromatic carbocycles. The molecule has 0 saturated carbocycles. The maximum absolute atomic E-state index is 11.9. The second-order valence-electron chi connectivity index (χ2n) is 4.95. The molecule has 0 atom stereocenters. The highest BCUT2D eigenvalue weighted by atomic mass is 16.5. The topological polar surface area (TPSA) is 67.4 Å². The van der Waals surface area contributed by atoms with Crippen LogP contribution in [0, 0.1) is 0 Å². The number of carbonyl (C=O) groups excluding carboxylic acids is 2. The Bertz CT molecular complexity index is 639. The van der Waals surface area contributed by atoms with Crippen LogP contribution in [0.3, 0.4) is 0 Å². The van der Waals surface area contributed by atoms with Crippen molar-refractivity contribution in [3.05, 3.63) is 65.7 Å². The van der Waals surface area contributed by atoms with Crippen LogP contribution in [-0.2, 0) is 11.2 Å². The number of benzene rings is 2. The van der Waals surface area contributed by atoms with Crippen LogP contribution in [-0.4, -0.2) is 18.4 Å². The molecule has 0 spiro atoms. The molecule has 0 aliphatic rings. The van der Waals surface area contributed by atoms with Gasteiger partial charge in [0.05, 0.1) is 6.61 Å². The highest BCUT2D eigenvalue weighted by Gasteiger charge is 2.07. The SMILES string of the molecule is CCOc1ccc(C(=O)NNC(=O)CCc2ccccc2)cc1. The minimum Gasteiger partial charge on any atom is -0.494 e. The van der Waals surface area contributed by atoms with Crippen LogP contribution < -0.4 is 15.6 Å². The fourth-order valence-electron chi connectivity index (χ4n) is 2.03. The molecular formula is C18H20N2O3. The van der Waals surface area contributed by atoms with Crippen LogP contribution in [0.25, 0.3) is 0 Å². The number of amides is 2. The molecule has 0 unspecified atom stereocenters. The number of hydrogen-bond acceptors (Lipinski definition) is 3. The molecule has 0 radical (unpaired) electrons. The highest BCUT2D eigenvalue weighted by molar-refractivity contribution is 5.95. The van der Waals surface area contributed by atoms with Gasteiger partial charge >= 0.3 is 0 Å². The molecule has 0 fully saturated rings. The Kier molecular flexibility index (Phi) is 6.17. The predicted molar refractivity (Wildman–Crippen MR) is 88.0 cm³/mol. The summed E-state index contributed by atoms with van der Waals surface area (Å²) < 4.78 is 5.31. The van der Waals surface area contributed by atoms with Gasteiger partial charge in [-0.1, -0.05) is 30.3 Å². The molecular weight excluding hydrogens is 292 g/mol. The van der Waals surface area contributed by atoms with Crippen LogP contribution >= 0.6 is 0 Å². The predicted octanol–water partition coefficient (Wildman–Crippen LogP) is 2.48. The van der Waals surface area contributed by atoms with Crippen molar-refractivity contribution < 1.29 is 14.3 Å². The fraction of sp³-hybridized carbons (Fsp3) is 0.222. The zero-order chi connectivity index (χ0) is 16.5. The van der Waals surface area contributed by atoms with Crippen LogP contribution in [0.5, 0.6) is 5.75 Å². The first-order valence-corrected chi connectivity index (χ1v) is 7.55. The van der Waals surface area contributed by atoms with E-state index in [4.69, 9.17) is 4.74 Å². The Balaban J connectivity index is 1.76. The molecule has 5 nitrogen and oxygen atoms in total. The summed E-state index contributed by atoms with van der Waals surface area (Å²) in [5, 5.41) is 0. The molecule has 5 heteroatoms. The van der Waals surface area contributed by atoms with Gasteiger partial charge in [0.1, 0.15) is 5.75 Å². The molecule has 0 aliphatic heterocycles. The van der Waals surface area contributed by atoms with E-state index in [1.54, 1.807) is 24.3 Å². The first-order valence-electron chi connectivity index (χ1n) is 7.55. The van der Waals surface area contributed by atoms with Crippen molar-refractivity contribution in [2.75, 3.05) is 6.61 Å². The summed E-state index contributed by atoms with van der Waals surface area (Å²) in [6.45, 7) is 2.47. The van der Waals surface area contributed by atoms with Gasteiger partial charge in [0.15, 0.2) is 0 Å². The van der Waals surface area contributed by atoms with E-state index in [1.807, 2.05) is 37.3 Å². The van der Waals surface area contributed by atoms with Gasteiger partial charge in [-0.25, -0.2) is 0 Å². The Morgan fingerprint density at radius 3 is 2.30 bits per heavy atom. The van der Waals surface area contributed by atoms with Crippen molar-refractivity contribution in [2.45, 2.75) is 19.8 Å². The number of nitrogens with one attached hydrogen (secondary N) is 2. The van der Waals surface area contributed by atoms with Gasteiger partial charge in [-0.3, -0.25) is 20.4 Å². The third-order valence-electron chi connectivity index (χ3n) is 3.23. The molecule has 2 rings (SSSR count). The lowest BCUT2D eigenvalue weighted by Gasteiger charge is -2.08. The van der Waals surface area contributed by atoms with E-state index >= 15 is 0 Å². The summed E-state index contributed by atoms with van der Waals surface area (Å²) in [6, 6.07) is 16.5. The molecule has 120 valence electrons. The van der Waals surface area contributed by atoms with Crippen LogP contribution in [0.1, 0.15) is 29.3 Å². The van der Waals surface area contributed by atoms with Crippen molar-refractivity contribution in [2.24, 2.45) is 0 Å². The summed E-state index contributed by atoms with van der Waals surface area (Å²) >= 11 is 0. The Labute approximate surface area is 135 Å². The third kappa shape index (κ3) is 5.47. The van der Waals surface area contributed by atoms with Crippen molar-refractivity contribution >= 4 is 11.8 Å². The largest absolute Gasteiger partial charge is 0.494 e. The van der Waals surface area contributed by atoms with Gasteiger partial charge in [-0.05, 0) is 43.2 Å². The van der Waals surface area contributed by atoms with E-state index in [9.17, 15) is 9.59 Å². The molecule has 0 aliphatic carbocycles. The molecule has 0 aromatic heterocycles. The summed E-state index contributed by atoms with van der Waals surface area (Å²) in [5.41, 5.74) is 6.37. The van der Waals surface area contributed by atoms with Gasteiger partial charge in [-0.2, -0.15) is 0 Å². The van der Waals surface area contributed by atoms with Gasteiger partial charge in [0, 0.05) is 12.0 Å². The molecule has 0 bridgehead atoms. The van der Waals surface area contributed by atoms with E-state index in [0.29, 0.717) is 30.8 Å². The smallest absolute Gasteiger partial charge is 0.269 e. The monoisotopic (exact) mass is 312 g/mol. The van der Waals surface area contributed by atoms with Gasteiger partial charge in [-0.15, -0.1) is 0 Å². The van der Waals surface area contributed by atoms with Crippen molar-refractivity contribution in [3.63, 3.8) is 0 Å². The lowest BCUT2D eigenvalue weighted by atomic mass is 10.1. The lowest BCUT2D eigenvalue weighted by molar-refractivity contribution is -0.121. The average molecular weight is 312 g/mol. The summed E-state index contributed by atoms with van der Waals surface area (Å²) in [6.07, 6.45) is 0.944. The number of carbonyl (C=O) groups is 2. The molecule has 23 heavy (non-hydrogen) atoms. The Morgan fingerprint density at radius 2 is 1.65 bits per heavy atom. The fourth-order valence-corrected chi connectivity index (χ4v) is 2.03. The van der Waals surface area contributed by atoms with E-state index in [2.05, 4.69) is 10.9 Å². The first kappa shape index (κ1) is 16.5. The standard InChI is InChI=1S/C18H20N2O3/c1-2-23-16-11-9-15(10-12-16)18(22)20-19-17(21)13-8-14-6-4-3-5-7-14/h3-7,9-12H,2,8,13H2,1H3,(H,19,21)(H,20,22). The highest BCUT2D eigenvalue weighted by Crippen LogP contribution is 2.11. The third-order valence-corrected chi connectivity index (χ3v) is 3.23. The van der Waals surface area contributed by atoms with E-state index < -0.39 is 0 Å². The summed E-state index contributed by atoms with van der Waals surface area (Å²) in [7, 11) is 0. The molecule has 0 heterocycles. The van der Waals surface area contributed by atoms with Gasteiger partial charge in [0.25, 0.3) is 5.91 Å². The number of aryl methyl sites for hydroxylation is 1. The Morgan fingerprint density at radius 1 is 0.957 bits per heavy atom. The quantitative estimate of drug-likeness (QED) is 0.805. The zero-order valence-corrected chi connectivity index (χ0v) is 13.0. The van der Waals surface area contributed by atoms with Crippen LogP contribution in [0.4, 0.5) is 0 Å². The maximum Gasteiger partial charge on any atom is 0.269 e. The molecule has 2 N–H and O–H groups in total. The van der Waals surface area contributed by atoms with E-state index in [-0.39, 0.29) is 11.8 Å². The first-order chi connectivity index (χ1) is 11.2. The molecule has 2 aromatic rings. The number of hydrogen-bond donors (Lipinski definition) is 2.